The minimum atomic E-state index is 0. The van der Waals surface area contributed by atoms with Gasteiger partial charge in [-0.1, -0.05) is 13.3 Å². The maximum atomic E-state index is 4.63. The highest BCUT2D eigenvalue weighted by molar-refractivity contribution is 14.0. The molecule has 25 heavy (non-hydrogen) atoms. The molecular formula is C16H28IN7S. The van der Waals surface area contributed by atoms with Crippen molar-refractivity contribution < 1.29 is 0 Å². The fourth-order valence-corrected chi connectivity index (χ4v) is 2.94. The standard InChI is InChI=1S/C16H27N7S.HI/c1-6-7-8-17-16(18-9-14-22-21-13(4)23(14)5)19-10-15-20-11(2)12(3)24-15;/h6-10H2,1-5H3,(H2,17,18,19);1H. The van der Waals surface area contributed by atoms with E-state index in [0.29, 0.717) is 13.1 Å². The van der Waals surface area contributed by atoms with E-state index < -0.39 is 0 Å². The fraction of sp³-hybridized carbons (Fsp3) is 0.625. The highest BCUT2D eigenvalue weighted by Gasteiger charge is 2.07. The average molecular weight is 477 g/mol. The highest BCUT2D eigenvalue weighted by Crippen LogP contribution is 2.15. The van der Waals surface area contributed by atoms with Gasteiger partial charge in [0.15, 0.2) is 11.8 Å². The van der Waals surface area contributed by atoms with Crippen LogP contribution >= 0.6 is 35.3 Å². The number of hydrogen-bond acceptors (Lipinski definition) is 5. The summed E-state index contributed by atoms with van der Waals surface area (Å²) in [5.74, 6) is 2.53. The maximum Gasteiger partial charge on any atom is 0.192 e. The Hall–Kier alpha value is -1.23. The van der Waals surface area contributed by atoms with Gasteiger partial charge in [-0.15, -0.1) is 45.5 Å². The molecule has 0 aliphatic heterocycles. The first-order valence-electron chi connectivity index (χ1n) is 8.31. The highest BCUT2D eigenvalue weighted by atomic mass is 127. The summed E-state index contributed by atoms with van der Waals surface area (Å²) in [5.41, 5.74) is 1.10. The van der Waals surface area contributed by atoms with E-state index in [9.17, 15) is 0 Å². The second-order valence-corrected chi connectivity index (χ2v) is 7.06. The van der Waals surface area contributed by atoms with Gasteiger partial charge in [-0.05, 0) is 27.2 Å². The number of aromatic nitrogens is 4. The van der Waals surface area contributed by atoms with Crippen molar-refractivity contribution in [2.24, 2.45) is 12.0 Å². The first-order valence-corrected chi connectivity index (χ1v) is 9.12. The minimum Gasteiger partial charge on any atom is -0.356 e. The largest absolute Gasteiger partial charge is 0.356 e. The first-order chi connectivity index (χ1) is 11.5. The molecule has 0 unspecified atom stereocenters. The van der Waals surface area contributed by atoms with Gasteiger partial charge in [0, 0.05) is 18.5 Å². The lowest BCUT2D eigenvalue weighted by molar-refractivity contribution is 0.715. The summed E-state index contributed by atoms with van der Waals surface area (Å²) in [6.07, 6.45) is 2.26. The Morgan fingerprint density at radius 2 is 1.96 bits per heavy atom. The van der Waals surface area contributed by atoms with E-state index in [4.69, 9.17) is 0 Å². The normalized spacial score (nSPS) is 11.3. The third-order valence-corrected chi connectivity index (χ3v) is 4.94. The Bertz CT molecular complexity index is 673. The minimum absolute atomic E-state index is 0. The lowest BCUT2D eigenvalue weighted by Gasteiger charge is -2.11. The predicted octanol–water partition coefficient (Wildman–Crippen LogP) is 2.85. The molecule has 2 aromatic heterocycles. The molecule has 0 spiro atoms. The zero-order valence-corrected chi connectivity index (χ0v) is 18.7. The first kappa shape index (κ1) is 21.8. The number of hydrogen-bond donors (Lipinski definition) is 2. The summed E-state index contributed by atoms with van der Waals surface area (Å²) in [6.45, 7) is 10.3. The summed E-state index contributed by atoms with van der Waals surface area (Å²) in [4.78, 5) is 10.5. The van der Waals surface area contributed by atoms with Crippen molar-refractivity contribution in [3.63, 3.8) is 0 Å². The van der Waals surface area contributed by atoms with Crippen LogP contribution in [-0.4, -0.2) is 32.3 Å². The van der Waals surface area contributed by atoms with Crippen molar-refractivity contribution in [2.45, 2.75) is 53.6 Å². The van der Waals surface area contributed by atoms with Gasteiger partial charge < -0.3 is 15.2 Å². The average Bonchev–Trinajstić information content (AvgIpc) is 3.05. The van der Waals surface area contributed by atoms with Crippen molar-refractivity contribution in [1.29, 1.82) is 0 Å². The monoisotopic (exact) mass is 477 g/mol. The van der Waals surface area contributed by atoms with E-state index in [1.54, 1.807) is 11.3 Å². The lowest BCUT2D eigenvalue weighted by atomic mass is 10.3. The molecule has 0 bridgehead atoms. The molecule has 7 nitrogen and oxygen atoms in total. The van der Waals surface area contributed by atoms with Gasteiger partial charge in [0.05, 0.1) is 12.2 Å². The van der Waals surface area contributed by atoms with E-state index in [1.165, 1.54) is 4.88 Å². The topological polar surface area (TPSA) is 80.0 Å². The van der Waals surface area contributed by atoms with Crippen LogP contribution in [0.2, 0.25) is 0 Å². The SMILES string of the molecule is CCCCNC(=NCc1nnc(C)n1C)NCc1nc(C)c(C)s1.I. The van der Waals surface area contributed by atoms with E-state index in [1.807, 2.05) is 25.5 Å². The molecule has 0 saturated carbocycles. The smallest absolute Gasteiger partial charge is 0.192 e. The zero-order valence-electron chi connectivity index (χ0n) is 15.6. The summed E-state index contributed by atoms with van der Waals surface area (Å²) >= 11 is 1.72. The molecule has 0 amide bonds. The number of nitrogens with zero attached hydrogens (tertiary/aromatic N) is 5. The van der Waals surface area contributed by atoms with Gasteiger partial charge in [-0.25, -0.2) is 9.98 Å². The number of aryl methyl sites for hydroxylation is 3. The number of nitrogens with one attached hydrogen (secondary N) is 2. The van der Waals surface area contributed by atoms with Crippen molar-refractivity contribution in [2.75, 3.05) is 6.54 Å². The molecule has 2 heterocycles. The number of aliphatic imine (C=N–C) groups is 1. The van der Waals surface area contributed by atoms with E-state index in [-0.39, 0.29) is 24.0 Å². The molecule has 9 heteroatoms. The Kier molecular flexibility index (Phi) is 9.33. The number of halogens is 1. The lowest BCUT2D eigenvalue weighted by Crippen LogP contribution is -2.37. The molecule has 2 N–H and O–H groups in total. The van der Waals surface area contributed by atoms with E-state index in [2.05, 4.69) is 44.7 Å². The van der Waals surface area contributed by atoms with Crippen molar-refractivity contribution >= 4 is 41.3 Å². The van der Waals surface area contributed by atoms with Crippen molar-refractivity contribution in [3.05, 3.63) is 27.2 Å². The van der Waals surface area contributed by atoms with Crippen molar-refractivity contribution in [3.8, 4) is 0 Å². The Morgan fingerprint density at radius 3 is 2.52 bits per heavy atom. The second-order valence-electron chi connectivity index (χ2n) is 5.77. The predicted molar refractivity (Wildman–Crippen MR) is 114 cm³/mol. The number of guanidine groups is 1. The van der Waals surface area contributed by atoms with Gasteiger partial charge in [-0.3, -0.25) is 0 Å². The molecule has 0 aliphatic carbocycles. The van der Waals surface area contributed by atoms with Crippen LogP contribution in [0.1, 0.15) is 47.0 Å². The maximum absolute atomic E-state index is 4.63. The van der Waals surface area contributed by atoms with Gasteiger partial charge in [0.2, 0.25) is 0 Å². The quantitative estimate of drug-likeness (QED) is 0.278. The fourth-order valence-electron chi connectivity index (χ4n) is 2.07. The van der Waals surface area contributed by atoms with E-state index >= 15 is 0 Å². The van der Waals surface area contributed by atoms with Crippen LogP contribution in [0.3, 0.4) is 0 Å². The van der Waals surface area contributed by atoms with E-state index in [0.717, 1.165) is 47.7 Å². The molecule has 2 rings (SSSR count). The molecule has 0 fully saturated rings. The van der Waals surface area contributed by atoms with Gasteiger partial charge >= 0.3 is 0 Å². The van der Waals surface area contributed by atoms with Crippen LogP contribution in [0.15, 0.2) is 4.99 Å². The van der Waals surface area contributed by atoms with Crippen LogP contribution in [0, 0.1) is 20.8 Å². The molecule has 2 aromatic rings. The summed E-state index contributed by atoms with van der Waals surface area (Å²) < 4.78 is 1.96. The molecule has 0 saturated heterocycles. The number of thiazole rings is 1. The van der Waals surface area contributed by atoms with Crippen LogP contribution in [0.5, 0.6) is 0 Å². The van der Waals surface area contributed by atoms with Gasteiger partial charge in [0.25, 0.3) is 0 Å². The molecule has 0 radical (unpaired) electrons. The van der Waals surface area contributed by atoms with Crippen molar-refractivity contribution in [1.82, 2.24) is 30.4 Å². The van der Waals surface area contributed by atoms with Crippen LogP contribution < -0.4 is 10.6 Å². The van der Waals surface area contributed by atoms with Gasteiger partial charge in [-0.2, -0.15) is 0 Å². The third kappa shape index (κ3) is 6.53. The summed E-state index contributed by atoms with van der Waals surface area (Å²) in [7, 11) is 1.96. The number of unbranched alkanes of at least 4 members (excludes halogenated alkanes) is 1. The number of rotatable bonds is 7. The molecular weight excluding hydrogens is 449 g/mol. The molecule has 0 aliphatic rings. The van der Waals surface area contributed by atoms with Gasteiger partial charge in [0.1, 0.15) is 17.4 Å². The van der Waals surface area contributed by atoms with Crippen LogP contribution in [0.25, 0.3) is 0 Å². The molecule has 0 atom stereocenters. The zero-order chi connectivity index (χ0) is 17.5. The molecule has 0 aromatic carbocycles. The van der Waals surface area contributed by atoms with Crippen LogP contribution in [-0.2, 0) is 20.1 Å². The second kappa shape index (κ2) is 10.7. The third-order valence-electron chi connectivity index (χ3n) is 3.86. The Morgan fingerprint density at radius 1 is 1.20 bits per heavy atom. The Labute approximate surface area is 170 Å². The Balaban J connectivity index is 0.00000312. The van der Waals surface area contributed by atoms with Crippen LogP contribution in [0.4, 0.5) is 0 Å². The molecule has 140 valence electrons. The summed E-state index contributed by atoms with van der Waals surface area (Å²) in [6, 6.07) is 0. The summed E-state index contributed by atoms with van der Waals surface area (Å²) in [5, 5.41) is 16.0.